The molecular formula is C17H26N2O. The Morgan fingerprint density at radius 2 is 1.90 bits per heavy atom. The van der Waals surface area contributed by atoms with Crippen LogP contribution < -0.4 is 10.1 Å². The standard InChI is InChI=1S/C17H26N2O/c1-2-20-16-8-6-15(7-9-16)17(14-4-3-5-14)19-12-10-18-11-13-19/h6-9,14,17-18H,2-5,10-13H2,1H3. The smallest absolute Gasteiger partial charge is 0.119 e. The summed E-state index contributed by atoms with van der Waals surface area (Å²) in [6.07, 6.45) is 4.19. The number of benzene rings is 1. The molecule has 1 saturated heterocycles. The molecule has 1 aliphatic heterocycles. The van der Waals surface area contributed by atoms with E-state index >= 15 is 0 Å². The van der Waals surface area contributed by atoms with Crippen molar-refractivity contribution in [2.45, 2.75) is 32.2 Å². The second-order valence-corrected chi connectivity index (χ2v) is 5.92. The topological polar surface area (TPSA) is 24.5 Å². The SMILES string of the molecule is CCOc1ccc(C(C2CCC2)N2CCNCC2)cc1. The highest BCUT2D eigenvalue weighted by Crippen LogP contribution is 2.41. The lowest BCUT2D eigenvalue weighted by molar-refractivity contribution is 0.0837. The van der Waals surface area contributed by atoms with Gasteiger partial charge in [-0.05, 0) is 43.4 Å². The van der Waals surface area contributed by atoms with Crippen molar-refractivity contribution in [3.05, 3.63) is 29.8 Å². The van der Waals surface area contributed by atoms with E-state index in [-0.39, 0.29) is 0 Å². The minimum atomic E-state index is 0.613. The normalized spacial score (nSPS) is 22.2. The number of piperazine rings is 1. The molecule has 1 saturated carbocycles. The molecule has 1 aromatic carbocycles. The maximum atomic E-state index is 5.56. The van der Waals surface area contributed by atoms with E-state index in [1.165, 1.54) is 37.9 Å². The van der Waals surface area contributed by atoms with Gasteiger partial charge in [0.05, 0.1) is 6.61 Å². The van der Waals surface area contributed by atoms with Crippen molar-refractivity contribution in [1.82, 2.24) is 10.2 Å². The lowest BCUT2D eigenvalue weighted by Crippen LogP contribution is -2.47. The van der Waals surface area contributed by atoms with Crippen LogP contribution in [0.15, 0.2) is 24.3 Å². The molecule has 3 nitrogen and oxygen atoms in total. The molecule has 0 bridgehead atoms. The largest absolute Gasteiger partial charge is 0.494 e. The van der Waals surface area contributed by atoms with Gasteiger partial charge in [0.1, 0.15) is 5.75 Å². The highest BCUT2D eigenvalue weighted by atomic mass is 16.5. The third kappa shape index (κ3) is 2.99. The van der Waals surface area contributed by atoms with Crippen LogP contribution in [0, 0.1) is 5.92 Å². The Bertz CT molecular complexity index is 408. The lowest BCUT2D eigenvalue weighted by Gasteiger charge is -2.43. The lowest BCUT2D eigenvalue weighted by atomic mass is 9.76. The molecule has 2 fully saturated rings. The molecule has 1 aromatic rings. The van der Waals surface area contributed by atoms with Gasteiger partial charge in [-0.15, -0.1) is 0 Å². The summed E-state index contributed by atoms with van der Waals surface area (Å²) in [5, 5.41) is 3.46. The van der Waals surface area contributed by atoms with Gasteiger partial charge in [0.15, 0.2) is 0 Å². The Kier molecular flexibility index (Phi) is 4.58. The van der Waals surface area contributed by atoms with Crippen molar-refractivity contribution in [3.8, 4) is 5.75 Å². The summed E-state index contributed by atoms with van der Waals surface area (Å²) in [5.74, 6) is 1.84. The van der Waals surface area contributed by atoms with Crippen LogP contribution in [0.25, 0.3) is 0 Å². The number of ether oxygens (including phenoxy) is 1. The maximum absolute atomic E-state index is 5.56. The van der Waals surface area contributed by atoms with E-state index in [1.807, 2.05) is 6.92 Å². The number of hydrogen-bond acceptors (Lipinski definition) is 3. The number of nitrogens with zero attached hydrogens (tertiary/aromatic N) is 1. The van der Waals surface area contributed by atoms with Crippen LogP contribution >= 0.6 is 0 Å². The summed E-state index contributed by atoms with van der Waals surface area (Å²) in [4.78, 5) is 2.68. The first kappa shape index (κ1) is 13.9. The molecule has 1 N–H and O–H groups in total. The molecule has 0 amide bonds. The molecule has 110 valence electrons. The molecule has 3 heteroatoms. The van der Waals surface area contributed by atoms with E-state index in [1.54, 1.807) is 0 Å². The first-order valence-corrected chi connectivity index (χ1v) is 8.06. The van der Waals surface area contributed by atoms with E-state index in [0.717, 1.165) is 31.4 Å². The molecule has 2 aliphatic rings. The van der Waals surface area contributed by atoms with Crippen LogP contribution in [0.3, 0.4) is 0 Å². The molecule has 3 rings (SSSR count). The molecular weight excluding hydrogens is 248 g/mol. The van der Waals surface area contributed by atoms with Gasteiger partial charge in [-0.2, -0.15) is 0 Å². The van der Waals surface area contributed by atoms with Gasteiger partial charge >= 0.3 is 0 Å². The van der Waals surface area contributed by atoms with Gasteiger partial charge in [0, 0.05) is 32.2 Å². The van der Waals surface area contributed by atoms with Gasteiger partial charge in [0.2, 0.25) is 0 Å². The minimum absolute atomic E-state index is 0.613. The Morgan fingerprint density at radius 1 is 1.20 bits per heavy atom. The van der Waals surface area contributed by atoms with Crippen molar-refractivity contribution in [1.29, 1.82) is 0 Å². The number of hydrogen-bond donors (Lipinski definition) is 1. The van der Waals surface area contributed by atoms with Gasteiger partial charge < -0.3 is 10.1 Å². The van der Waals surface area contributed by atoms with Crippen molar-refractivity contribution in [2.24, 2.45) is 5.92 Å². The average molecular weight is 274 g/mol. The molecule has 1 aliphatic carbocycles. The monoisotopic (exact) mass is 274 g/mol. The summed E-state index contributed by atoms with van der Waals surface area (Å²) in [7, 11) is 0. The van der Waals surface area contributed by atoms with Gasteiger partial charge in [-0.3, -0.25) is 4.90 Å². The Labute approximate surface area is 122 Å². The third-order valence-corrected chi connectivity index (χ3v) is 4.67. The first-order chi connectivity index (χ1) is 9.88. The molecule has 0 radical (unpaired) electrons. The van der Waals surface area contributed by atoms with Crippen molar-refractivity contribution in [3.63, 3.8) is 0 Å². The maximum Gasteiger partial charge on any atom is 0.119 e. The quantitative estimate of drug-likeness (QED) is 0.893. The molecule has 0 spiro atoms. The summed E-state index contributed by atoms with van der Waals surface area (Å²) < 4.78 is 5.56. The minimum Gasteiger partial charge on any atom is -0.494 e. The molecule has 1 atom stereocenters. The van der Waals surface area contributed by atoms with Gasteiger partial charge in [-0.25, -0.2) is 0 Å². The zero-order valence-corrected chi connectivity index (χ0v) is 12.5. The average Bonchev–Trinajstić information content (AvgIpc) is 2.45. The van der Waals surface area contributed by atoms with E-state index in [4.69, 9.17) is 4.74 Å². The third-order valence-electron chi connectivity index (χ3n) is 4.67. The van der Waals surface area contributed by atoms with Crippen LogP contribution in [-0.2, 0) is 0 Å². The van der Waals surface area contributed by atoms with Gasteiger partial charge in [0.25, 0.3) is 0 Å². The molecule has 0 aromatic heterocycles. The van der Waals surface area contributed by atoms with E-state index < -0.39 is 0 Å². The molecule has 20 heavy (non-hydrogen) atoms. The highest BCUT2D eigenvalue weighted by Gasteiger charge is 2.33. The zero-order chi connectivity index (χ0) is 13.8. The van der Waals surface area contributed by atoms with Crippen LogP contribution in [0.5, 0.6) is 5.75 Å². The summed E-state index contributed by atoms with van der Waals surface area (Å²) in [5.41, 5.74) is 1.47. The summed E-state index contributed by atoms with van der Waals surface area (Å²) in [6, 6.07) is 9.42. The fraction of sp³-hybridized carbons (Fsp3) is 0.647. The predicted molar refractivity (Wildman–Crippen MR) is 82.1 cm³/mol. The van der Waals surface area contributed by atoms with E-state index in [2.05, 4.69) is 34.5 Å². The fourth-order valence-corrected chi connectivity index (χ4v) is 3.42. The van der Waals surface area contributed by atoms with Crippen LogP contribution in [0.1, 0.15) is 37.8 Å². The van der Waals surface area contributed by atoms with E-state index in [0.29, 0.717) is 6.04 Å². The van der Waals surface area contributed by atoms with Crippen LogP contribution in [0.4, 0.5) is 0 Å². The highest BCUT2D eigenvalue weighted by molar-refractivity contribution is 5.30. The fourth-order valence-electron chi connectivity index (χ4n) is 3.42. The Hall–Kier alpha value is -1.06. The first-order valence-electron chi connectivity index (χ1n) is 8.06. The number of nitrogens with one attached hydrogen (secondary N) is 1. The van der Waals surface area contributed by atoms with Crippen molar-refractivity contribution < 1.29 is 4.74 Å². The number of rotatable bonds is 5. The molecule has 1 heterocycles. The summed E-state index contributed by atoms with van der Waals surface area (Å²) >= 11 is 0. The second kappa shape index (κ2) is 6.59. The molecule has 1 unspecified atom stereocenters. The zero-order valence-electron chi connectivity index (χ0n) is 12.5. The van der Waals surface area contributed by atoms with E-state index in [9.17, 15) is 0 Å². The van der Waals surface area contributed by atoms with Crippen molar-refractivity contribution >= 4 is 0 Å². The Balaban J connectivity index is 1.76. The van der Waals surface area contributed by atoms with Crippen LogP contribution in [0.2, 0.25) is 0 Å². The second-order valence-electron chi connectivity index (χ2n) is 5.92. The summed E-state index contributed by atoms with van der Waals surface area (Å²) in [6.45, 7) is 7.37. The van der Waals surface area contributed by atoms with Gasteiger partial charge in [-0.1, -0.05) is 18.6 Å². The van der Waals surface area contributed by atoms with Crippen LogP contribution in [-0.4, -0.2) is 37.7 Å². The Morgan fingerprint density at radius 3 is 2.45 bits per heavy atom. The predicted octanol–water partition coefficient (Wildman–Crippen LogP) is 2.83. The van der Waals surface area contributed by atoms with Crippen molar-refractivity contribution in [2.75, 3.05) is 32.8 Å².